The zero-order valence-electron chi connectivity index (χ0n) is 17.7. The van der Waals surface area contributed by atoms with Crippen LogP contribution in [0.4, 0.5) is 0 Å². The van der Waals surface area contributed by atoms with Crippen LogP contribution in [0.2, 0.25) is 0 Å². The van der Waals surface area contributed by atoms with Crippen molar-refractivity contribution >= 4 is 5.91 Å². The highest BCUT2D eigenvalue weighted by atomic mass is 16.7. The lowest BCUT2D eigenvalue weighted by atomic mass is 10.1. The first-order valence-electron chi connectivity index (χ1n) is 9.76. The molecule has 0 spiro atoms. The van der Waals surface area contributed by atoms with Crippen LogP contribution in [0, 0.1) is 5.92 Å². The Balaban J connectivity index is 1.77. The fourth-order valence-electron chi connectivity index (χ4n) is 3.01. The van der Waals surface area contributed by atoms with Crippen LogP contribution in [0.25, 0.3) is 11.4 Å². The van der Waals surface area contributed by atoms with Gasteiger partial charge in [0.1, 0.15) is 11.5 Å². The molecule has 31 heavy (non-hydrogen) atoms. The molecule has 3 aromatic rings. The van der Waals surface area contributed by atoms with E-state index in [1.807, 2.05) is 13.8 Å². The van der Waals surface area contributed by atoms with E-state index >= 15 is 0 Å². The topological polar surface area (TPSA) is 93.9 Å². The second-order valence-electron chi connectivity index (χ2n) is 7.31. The van der Waals surface area contributed by atoms with Crippen molar-refractivity contribution in [3.05, 3.63) is 42.0 Å². The van der Waals surface area contributed by atoms with Gasteiger partial charge in [-0.1, -0.05) is 13.8 Å². The fourth-order valence-corrected chi connectivity index (χ4v) is 3.01. The molecule has 1 aliphatic heterocycles. The van der Waals surface area contributed by atoms with Crippen molar-refractivity contribution in [1.29, 1.82) is 0 Å². The molecule has 9 heteroatoms. The largest absolute Gasteiger partial charge is 0.497 e. The summed E-state index contributed by atoms with van der Waals surface area (Å²) in [4.78, 5) is 17.9. The summed E-state index contributed by atoms with van der Waals surface area (Å²) in [5.41, 5.74) is 0.970. The number of fused-ring (bicyclic) bond motifs is 1. The standard InChI is InChI=1S/C22H23N3O6/c1-13(2)11-29-22-23-20(14-5-6-18-19(9-14)31-12-30-18)25(24-22)21(26)15-7-16(27-3)10-17(8-15)28-4/h5-10,13H,11-12H2,1-4H3. The van der Waals surface area contributed by atoms with Crippen molar-refractivity contribution in [2.24, 2.45) is 5.92 Å². The first kappa shape index (κ1) is 20.5. The van der Waals surface area contributed by atoms with Gasteiger partial charge in [-0.3, -0.25) is 4.79 Å². The third-order valence-corrected chi connectivity index (χ3v) is 4.56. The number of hydrogen-bond donors (Lipinski definition) is 0. The van der Waals surface area contributed by atoms with Crippen LogP contribution < -0.4 is 23.7 Å². The molecule has 0 N–H and O–H groups in total. The van der Waals surface area contributed by atoms with Crippen molar-refractivity contribution in [1.82, 2.24) is 14.8 Å². The quantitative estimate of drug-likeness (QED) is 0.568. The maximum atomic E-state index is 13.4. The number of nitrogens with zero attached hydrogens (tertiary/aromatic N) is 3. The minimum atomic E-state index is -0.406. The van der Waals surface area contributed by atoms with Crippen LogP contribution in [0.15, 0.2) is 36.4 Å². The maximum absolute atomic E-state index is 13.4. The minimum absolute atomic E-state index is 0.115. The Morgan fingerprint density at radius 2 is 1.77 bits per heavy atom. The molecule has 9 nitrogen and oxygen atoms in total. The number of benzene rings is 2. The van der Waals surface area contributed by atoms with Crippen molar-refractivity contribution in [3.8, 4) is 40.4 Å². The summed E-state index contributed by atoms with van der Waals surface area (Å²) >= 11 is 0. The van der Waals surface area contributed by atoms with Crippen molar-refractivity contribution in [2.45, 2.75) is 13.8 Å². The number of aromatic nitrogens is 3. The van der Waals surface area contributed by atoms with Crippen LogP contribution in [0.3, 0.4) is 0 Å². The van der Waals surface area contributed by atoms with Crippen LogP contribution >= 0.6 is 0 Å². The summed E-state index contributed by atoms with van der Waals surface area (Å²) in [7, 11) is 3.04. The molecular weight excluding hydrogens is 402 g/mol. The summed E-state index contributed by atoms with van der Waals surface area (Å²) in [6.07, 6.45) is 0. The molecule has 0 radical (unpaired) electrons. The Morgan fingerprint density at radius 1 is 1.06 bits per heavy atom. The number of rotatable bonds is 7. The lowest BCUT2D eigenvalue weighted by Crippen LogP contribution is -2.16. The van der Waals surface area contributed by atoms with E-state index < -0.39 is 5.91 Å². The van der Waals surface area contributed by atoms with Gasteiger partial charge in [0.2, 0.25) is 6.79 Å². The van der Waals surface area contributed by atoms with Gasteiger partial charge in [0, 0.05) is 17.2 Å². The molecule has 0 saturated carbocycles. The number of carbonyl (C=O) groups is 1. The van der Waals surface area contributed by atoms with Gasteiger partial charge >= 0.3 is 6.01 Å². The molecule has 0 unspecified atom stereocenters. The Kier molecular flexibility index (Phi) is 5.66. The lowest BCUT2D eigenvalue weighted by Gasteiger charge is -2.09. The van der Waals surface area contributed by atoms with E-state index in [4.69, 9.17) is 23.7 Å². The van der Waals surface area contributed by atoms with Gasteiger partial charge < -0.3 is 23.7 Å². The van der Waals surface area contributed by atoms with Gasteiger partial charge in [0.05, 0.1) is 20.8 Å². The summed E-state index contributed by atoms with van der Waals surface area (Å²) < 4.78 is 28.3. The highest BCUT2D eigenvalue weighted by Crippen LogP contribution is 2.36. The normalized spacial score (nSPS) is 12.2. The summed E-state index contributed by atoms with van der Waals surface area (Å²) in [5.74, 6) is 2.38. The van der Waals surface area contributed by atoms with E-state index in [1.165, 1.54) is 18.9 Å². The second-order valence-corrected chi connectivity index (χ2v) is 7.31. The SMILES string of the molecule is COc1cc(OC)cc(C(=O)n2nc(OCC(C)C)nc2-c2ccc3c(c2)OCO3)c1. The molecule has 0 saturated heterocycles. The molecule has 0 bridgehead atoms. The molecule has 2 heterocycles. The lowest BCUT2D eigenvalue weighted by molar-refractivity contribution is 0.0943. The molecule has 0 aliphatic carbocycles. The molecule has 4 rings (SSSR count). The van der Waals surface area contributed by atoms with E-state index in [2.05, 4.69) is 10.1 Å². The molecule has 162 valence electrons. The first-order chi connectivity index (χ1) is 15.0. The van der Waals surface area contributed by atoms with Gasteiger partial charge in [-0.2, -0.15) is 9.67 Å². The molecule has 1 aliphatic rings. The molecule has 2 aromatic carbocycles. The highest BCUT2D eigenvalue weighted by Gasteiger charge is 2.23. The zero-order chi connectivity index (χ0) is 22.0. The van der Waals surface area contributed by atoms with Crippen LogP contribution in [0.5, 0.6) is 29.0 Å². The van der Waals surface area contributed by atoms with Gasteiger partial charge in [-0.25, -0.2) is 0 Å². The van der Waals surface area contributed by atoms with Crippen molar-refractivity contribution in [2.75, 3.05) is 27.6 Å². The Labute approximate surface area is 179 Å². The van der Waals surface area contributed by atoms with Gasteiger partial charge in [0.15, 0.2) is 17.3 Å². The average Bonchev–Trinajstić information content (AvgIpc) is 3.43. The predicted molar refractivity (Wildman–Crippen MR) is 111 cm³/mol. The summed E-state index contributed by atoms with van der Waals surface area (Å²) in [6, 6.07) is 10.4. The predicted octanol–water partition coefficient (Wildman–Crippen LogP) is 3.41. The molecule has 1 aromatic heterocycles. The second kappa shape index (κ2) is 8.55. The van der Waals surface area contributed by atoms with E-state index in [9.17, 15) is 4.79 Å². The number of ether oxygens (including phenoxy) is 5. The maximum Gasteiger partial charge on any atom is 0.336 e. The highest BCUT2D eigenvalue weighted by molar-refractivity contribution is 5.98. The van der Waals surface area contributed by atoms with Crippen LogP contribution in [0.1, 0.15) is 24.2 Å². The van der Waals surface area contributed by atoms with Gasteiger partial charge in [-0.05, 0) is 36.2 Å². The Morgan fingerprint density at radius 3 is 2.45 bits per heavy atom. The Hall–Kier alpha value is -3.75. The van der Waals surface area contributed by atoms with Crippen LogP contribution in [-0.2, 0) is 0 Å². The molecule has 0 amide bonds. The molecule has 0 fully saturated rings. The van der Waals surface area contributed by atoms with E-state index in [0.29, 0.717) is 46.6 Å². The molecular formula is C22H23N3O6. The number of carbonyl (C=O) groups excluding carboxylic acids is 1. The monoisotopic (exact) mass is 425 g/mol. The van der Waals surface area contributed by atoms with Crippen molar-refractivity contribution in [3.63, 3.8) is 0 Å². The average molecular weight is 425 g/mol. The van der Waals surface area contributed by atoms with E-state index in [1.54, 1.807) is 36.4 Å². The first-order valence-corrected chi connectivity index (χ1v) is 9.76. The van der Waals surface area contributed by atoms with E-state index in [-0.39, 0.29) is 18.7 Å². The Bertz CT molecular complexity index is 1090. The van der Waals surface area contributed by atoms with E-state index in [0.717, 1.165) is 0 Å². The van der Waals surface area contributed by atoms with Gasteiger partial charge in [-0.15, -0.1) is 5.10 Å². The van der Waals surface area contributed by atoms with Gasteiger partial charge in [0.25, 0.3) is 5.91 Å². The third kappa shape index (κ3) is 4.25. The smallest absolute Gasteiger partial charge is 0.336 e. The fraction of sp³-hybridized carbons (Fsp3) is 0.318. The molecule has 0 atom stereocenters. The third-order valence-electron chi connectivity index (χ3n) is 4.56. The summed E-state index contributed by atoms with van der Waals surface area (Å²) in [5, 5.41) is 4.32. The summed E-state index contributed by atoms with van der Waals surface area (Å²) in [6.45, 7) is 4.61. The minimum Gasteiger partial charge on any atom is -0.497 e. The number of methoxy groups -OCH3 is 2. The van der Waals surface area contributed by atoms with Crippen molar-refractivity contribution < 1.29 is 28.5 Å². The zero-order valence-corrected chi connectivity index (χ0v) is 17.7. The number of hydrogen-bond acceptors (Lipinski definition) is 8. The van der Waals surface area contributed by atoms with Crippen LogP contribution in [-0.4, -0.2) is 48.3 Å².